The van der Waals surface area contributed by atoms with E-state index in [2.05, 4.69) is 69.2 Å². The maximum absolute atomic E-state index is 14.0. The van der Waals surface area contributed by atoms with Crippen molar-refractivity contribution in [2.75, 3.05) is 18.1 Å². The topological polar surface area (TPSA) is 81.7 Å². The summed E-state index contributed by atoms with van der Waals surface area (Å²) in [6, 6.07) is 10.7. The summed E-state index contributed by atoms with van der Waals surface area (Å²) >= 11 is 1.84. The van der Waals surface area contributed by atoms with Crippen molar-refractivity contribution in [3.63, 3.8) is 0 Å². The number of aliphatic hydroxyl groups is 1. The second kappa shape index (κ2) is 19.9. The van der Waals surface area contributed by atoms with E-state index in [-0.39, 0.29) is 23.8 Å². The third-order valence-electron chi connectivity index (χ3n) is 9.72. The molecule has 0 bridgehead atoms. The lowest BCUT2D eigenvalue weighted by molar-refractivity contribution is -0.131. The van der Waals surface area contributed by atoms with Crippen LogP contribution in [0.2, 0.25) is 0 Å². The Kier molecular flexibility index (Phi) is 16.8. The highest BCUT2D eigenvalue weighted by Gasteiger charge is 2.34. The molecule has 3 rings (SSSR count). The van der Waals surface area contributed by atoms with E-state index >= 15 is 0 Å². The molecule has 0 radical (unpaired) electrons. The van der Waals surface area contributed by atoms with E-state index in [9.17, 15) is 14.7 Å². The van der Waals surface area contributed by atoms with Crippen molar-refractivity contribution in [2.24, 2.45) is 23.7 Å². The highest BCUT2D eigenvalue weighted by Crippen LogP contribution is 2.34. The van der Waals surface area contributed by atoms with Crippen LogP contribution in [0, 0.1) is 23.7 Å². The molecule has 7 heteroatoms. The molecule has 0 aliphatic heterocycles. The molecule has 2 aliphatic rings. The Hall–Kier alpha value is -1.57. The predicted molar refractivity (Wildman–Crippen MR) is 190 cm³/mol. The lowest BCUT2D eigenvalue weighted by Gasteiger charge is -2.31. The Balaban J connectivity index is 1.68. The SMILES string of the molecule is CC(C)C[C@H](O)C[C@H](CC1CCCCC1)NC(=O)[C@H](CC1CC1)NC(=O)[C@@H](CSCCN(C(C)C)C(C)C)Cc1ccccc1. The summed E-state index contributed by atoms with van der Waals surface area (Å²) in [5.41, 5.74) is 1.15. The fourth-order valence-corrected chi connectivity index (χ4v) is 8.21. The predicted octanol–water partition coefficient (Wildman–Crippen LogP) is 7.23. The van der Waals surface area contributed by atoms with Gasteiger partial charge in [-0.15, -0.1) is 0 Å². The Morgan fingerprint density at radius 1 is 0.844 bits per heavy atom. The standard InChI is InChI=1S/C38H65N3O3S/c1-27(2)21-35(42)25-34(23-31-15-11-8-12-16-31)39-38(44)36(24-32-17-18-32)40-37(43)33(22-30-13-9-7-10-14-30)26-45-20-19-41(28(3)4)29(5)6/h7,9-10,13-14,27-29,31-36,42H,8,11-12,15-26H2,1-6H3,(H,39,44)(H,40,43)/t33-,34+,35+,36+/m1/s1. The Morgan fingerprint density at radius 2 is 1.49 bits per heavy atom. The molecule has 0 saturated heterocycles. The summed E-state index contributed by atoms with van der Waals surface area (Å²) in [4.78, 5) is 30.4. The molecule has 0 spiro atoms. The number of hydrogen-bond acceptors (Lipinski definition) is 5. The summed E-state index contributed by atoms with van der Waals surface area (Å²) < 4.78 is 0. The van der Waals surface area contributed by atoms with Crippen molar-refractivity contribution < 1.29 is 14.7 Å². The fourth-order valence-electron chi connectivity index (χ4n) is 7.15. The molecule has 2 fully saturated rings. The lowest BCUT2D eigenvalue weighted by Crippen LogP contribution is -2.52. The molecule has 3 N–H and O–H groups in total. The van der Waals surface area contributed by atoms with E-state index in [0.29, 0.717) is 49.1 Å². The van der Waals surface area contributed by atoms with Crippen LogP contribution in [-0.4, -0.2) is 70.1 Å². The van der Waals surface area contributed by atoms with E-state index in [1.165, 1.54) is 32.1 Å². The molecule has 2 aliphatic carbocycles. The zero-order chi connectivity index (χ0) is 32.8. The summed E-state index contributed by atoms with van der Waals surface area (Å²) in [7, 11) is 0. The van der Waals surface area contributed by atoms with E-state index in [1.54, 1.807) is 0 Å². The normalized spacial score (nSPS) is 18.7. The van der Waals surface area contributed by atoms with Gasteiger partial charge in [-0.05, 0) is 83.1 Å². The van der Waals surface area contributed by atoms with Crippen LogP contribution in [0.5, 0.6) is 0 Å². The van der Waals surface area contributed by atoms with Gasteiger partial charge in [-0.2, -0.15) is 11.8 Å². The summed E-state index contributed by atoms with van der Waals surface area (Å²) in [5.74, 6) is 2.93. The first-order valence-electron chi connectivity index (χ1n) is 18.2. The lowest BCUT2D eigenvalue weighted by atomic mass is 9.83. The van der Waals surface area contributed by atoms with Crippen molar-refractivity contribution in [1.29, 1.82) is 0 Å². The van der Waals surface area contributed by atoms with Crippen LogP contribution in [0.15, 0.2) is 30.3 Å². The van der Waals surface area contributed by atoms with Crippen LogP contribution in [0.3, 0.4) is 0 Å². The molecule has 256 valence electrons. The molecule has 0 aromatic heterocycles. The quantitative estimate of drug-likeness (QED) is 0.123. The third kappa shape index (κ3) is 14.8. The van der Waals surface area contributed by atoms with E-state index < -0.39 is 12.1 Å². The van der Waals surface area contributed by atoms with Gasteiger partial charge in [-0.3, -0.25) is 14.5 Å². The molecule has 0 heterocycles. The number of carbonyl (C=O) groups excluding carboxylic acids is 2. The van der Waals surface area contributed by atoms with E-state index in [4.69, 9.17) is 0 Å². The average molecular weight is 644 g/mol. The van der Waals surface area contributed by atoms with Crippen LogP contribution in [0.1, 0.15) is 118 Å². The number of thioether (sulfide) groups is 1. The number of nitrogens with zero attached hydrogens (tertiary/aromatic N) is 1. The van der Waals surface area contributed by atoms with Crippen LogP contribution >= 0.6 is 11.8 Å². The highest BCUT2D eigenvalue weighted by atomic mass is 32.2. The van der Waals surface area contributed by atoms with Gasteiger partial charge in [-0.1, -0.05) is 89.1 Å². The molecular weight excluding hydrogens is 579 g/mol. The molecule has 2 amide bonds. The zero-order valence-corrected chi connectivity index (χ0v) is 30.1. The molecule has 6 nitrogen and oxygen atoms in total. The van der Waals surface area contributed by atoms with Crippen molar-refractivity contribution in [2.45, 2.75) is 149 Å². The highest BCUT2D eigenvalue weighted by molar-refractivity contribution is 7.99. The van der Waals surface area contributed by atoms with Gasteiger partial charge in [0.25, 0.3) is 0 Å². The first-order valence-corrected chi connectivity index (χ1v) is 19.3. The number of rotatable bonds is 21. The minimum Gasteiger partial charge on any atom is -0.393 e. The van der Waals surface area contributed by atoms with Gasteiger partial charge in [0.15, 0.2) is 0 Å². The van der Waals surface area contributed by atoms with E-state index in [1.807, 2.05) is 30.0 Å². The maximum atomic E-state index is 14.0. The monoisotopic (exact) mass is 643 g/mol. The van der Waals surface area contributed by atoms with Crippen molar-refractivity contribution in [1.82, 2.24) is 15.5 Å². The molecule has 4 atom stereocenters. The second-order valence-corrected chi connectivity index (χ2v) is 16.2. The third-order valence-corrected chi connectivity index (χ3v) is 10.8. The minimum absolute atomic E-state index is 0.0135. The van der Waals surface area contributed by atoms with Crippen molar-refractivity contribution >= 4 is 23.6 Å². The summed E-state index contributed by atoms with van der Waals surface area (Å²) in [6.45, 7) is 14.2. The first kappa shape index (κ1) is 37.9. The van der Waals surface area contributed by atoms with Gasteiger partial charge in [0, 0.05) is 36.2 Å². The fraction of sp³-hybridized carbons (Fsp3) is 0.789. The number of nitrogens with one attached hydrogen (secondary N) is 2. The molecule has 2 saturated carbocycles. The average Bonchev–Trinajstić information content (AvgIpc) is 3.80. The maximum Gasteiger partial charge on any atom is 0.242 e. The van der Waals surface area contributed by atoms with Gasteiger partial charge in [0.05, 0.1) is 12.0 Å². The van der Waals surface area contributed by atoms with Crippen LogP contribution < -0.4 is 10.6 Å². The van der Waals surface area contributed by atoms with Gasteiger partial charge in [0.2, 0.25) is 11.8 Å². The van der Waals surface area contributed by atoms with Crippen LogP contribution in [0.4, 0.5) is 0 Å². The van der Waals surface area contributed by atoms with E-state index in [0.717, 1.165) is 49.3 Å². The summed E-state index contributed by atoms with van der Waals surface area (Å²) in [5, 5.41) is 17.5. The number of benzene rings is 1. The molecule has 1 aromatic carbocycles. The van der Waals surface area contributed by atoms with Gasteiger partial charge < -0.3 is 15.7 Å². The van der Waals surface area contributed by atoms with Gasteiger partial charge >= 0.3 is 0 Å². The Morgan fingerprint density at radius 3 is 2.09 bits per heavy atom. The molecular formula is C38H65N3O3S. The largest absolute Gasteiger partial charge is 0.393 e. The van der Waals surface area contributed by atoms with Crippen molar-refractivity contribution in [3.05, 3.63) is 35.9 Å². The Labute approximate surface area is 279 Å². The van der Waals surface area contributed by atoms with Crippen LogP contribution in [-0.2, 0) is 16.0 Å². The minimum atomic E-state index is -0.526. The number of aliphatic hydroxyl groups excluding tert-OH is 1. The van der Waals surface area contributed by atoms with Gasteiger partial charge in [-0.25, -0.2) is 0 Å². The summed E-state index contributed by atoms with van der Waals surface area (Å²) in [6.07, 6.45) is 11.7. The second-order valence-electron chi connectivity index (χ2n) is 15.1. The Bertz CT molecular complexity index is 970. The first-order chi connectivity index (χ1) is 21.5. The molecule has 0 unspecified atom stereocenters. The number of hydrogen-bond donors (Lipinski definition) is 3. The zero-order valence-electron chi connectivity index (χ0n) is 29.3. The molecule has 45 heavy (non-hydrogen) atoms. The molecule has 1 aromatic rings. The number of amides is 2. The smallest absolute Gasteiger partial charge is 0.242 e. The number of carbonyl (C=O) groups is 2. The van der Waals surface area contributed by atoms with Gasteiger partial charge in [0.1, 0.15) is 6.04 Å². The van der Waals surface area contributed by atoms with Crippen molar-refractivity contribution in [3.8, 4) is 0 Å². The van der Waals surface area contributed by atoms with Crippen LogP contribution in [0.25, 0.3) is 0 Å².